The van der Waals surface area contributed by atoms with E-state index in [9.17, 15) is 5.11 Å². The molecular weight excluding hydrogens is 200 g/mol. The zero-order valence-electron chi connectivity index (χ0n) is 10.5. The second kappa shape index (κ2) is 5.99. The number of aliphatic hydroxyl groups is 1. The van der Waals surface area contributed by atoms with Gasteiger partial charge < -0.3 is 15.3 Å². The van der Waals surface area contributed by atoms with Crippen molar-refractivity contribution in [2.45, 2.75) is 51.2 Å². The van der Waals surface area contributed by atoms with Crippen molar-refractivity contribution in [1.29, 1.82) is 0 Å². The van der Waals surface area contributed by atoms with Crippen LogP contribution in [0.5, 0.6) is 0 Å². The van der Waals surface area contributed by atoms with Crippen LogP contribution in [0.2, 0.25) is 0 Å². The van der Waals surface area contributed by atoms with Crippen LogP contribution in [0.3, 0.4) is 0 Å². The summed E-state index contributed by atoms with van der Waals surface area (Å²) in [6.45, 7) is 7.07. The molecule has 0 aromatic carbocycles. The average molecular weight is 226 g/mol. The van der Waals surface area contributed by atoms with Crippen LogP contribution < -0.4 is 5.32 Å². The number of hydrogen-bond donors (Lipinski definition) is 2. The zero-order valence-corrected chi connectivity index (χ0v) is 10.5. The van der Waals surface area contributed by atoms with E-state index >= 15 is 0 Å². The molecule has 2 rings (SSSR count). The Hall–Kier alpha value is -0.120. The lowest BCUT2D eigenvalue weighted by atomic mass is 9.96. The van der Waals surface area contributed by atoms with Gasteiger partial charge in [-0.1, -0.05) is 6.92 Å². The number of likely N-dealkylation sites (tertiary alicyclic amines) is 1. The number of rotatable bonds is 4. The Balaban J connectivity index is 1.63. The predicted octanol–water partition coefficient (Wildman–Crippen LogP) is 1.22. The van der Waals surface area contributed by atoms with Gasteiger partial charge in [-0.25, -0.2) is 0 Å². The summed E-state index contributed by atoms with van der Waals surface area (Å²) in [6.07, 6.45) is 5.90. The Morgan fingerprint density at radius 2 is 1.94 bits per heavy atom. The van der Waals surface area contributed by atoms with Crippen molar-refractivity contribution in [2.24, 2.45) is 5.92 Å². The summed E-state index contributed by atoms with van der Waals surface area (Å²) in [5.74, 6) is 0.829. The van der Waals surface area contributed by atoms with Crippen LogP contribution in [0, 0.1) is 5.92 Å². The van der Waals surface area contributed by atoms with E-state index in [2.05, 4.69) is 17.1 Å². The van der Waals surface area contributed by atoms with E-state index in [0.717, 1.165) is 25.3 Å². The van der Waals surface area contributed by atoms with Crippen LogP contribution in [0.1, 0.15) is 39.0 Å². The van der Waals surface area contributed by atoms with Gasteiger partial charge in [0, 0.05) is 6.04 Å². The van der Waals surface area contributed by atoms with Crippen LogP contribution in [0.4, 0.5) is 0 Å². The van der Waals surface area contributed by atoms with Gasteiger partial charge in [-0.2, -0.15) is 0 Å². The molecule has 0 bridgehead atoms. The third kappa shape index (κ3) is 3.19. The van der Waals surface area contributed by atoms with Crippen molar-refractivity contribution < 1.29 is 5.11 Å². The summed E-state index contributed by atoms with van der Waals surface area (Å²) in [4.78, 5) is 2.53. The van der Waals surface area contributed by atoms with Crippen molar-refractivity contribution in [1.82, 2.24) is 10.2 Å². The lowest BCUT2D eigenvalue weighted by molar-refractivity contribution is 0.138. The SMILES string of the molecule is CCN1CCC(CN[C@H]2CCC[C@@H]2O)CC1. The van der Waals surface area contributed by atoms with Crippen molar-refractivity contribution >= 4 is 0 Å². The van der Waals surface area contributed by atoms with E-state index in [4.69, 9.17) is 0 Å². The summed E-state index contributed by atoms with van der Waals surface area (Å²) in [5, 5.41) is 13.3. The standard InChI is InChI=1S/C13H26N2O/c1-2-15-8-6-11(7-9-15)10-14-12-4-3-5-13(12)16/h11-14,16H,2-10H2,1H3/t12-,13-/m0/s1. The van der Waals surface area contributed by atoms with Gasteiger partial charge in [0.05, 0.1) is 6.10 Å². The summed E-state index contributed by atoms with van der Waals surface area (Å²) < 4.78 is 0. The smallest absolute Gasteiger partial charge is 0.0693 e. The maximum atomic E-state index is 9.73. The van der Waals surface area contributed by atoms with Crippen molar-refractivity contribution in [3.63, 3.8) is 0 Å². The molecule has 0 unspecified atom stereocenters. The minimum Gasteiger partial charge on any atom is -0.392 e. The Bertz CT molecular complexity index is 202. The lowest BCUT2D eigenvalue weighted by Crippen LogP contribution is -2.42. The molecule has 2 N–H and O–H groups in total. The lowest BCUT2D eigenvalue weighted by Gasteiger charge is -2.32. The van der Waals surface area contributed by atoms with Gasteiger partial charge in [0.15, 0.2) is 0 Å². The number of piperidine rings is 1. The molecule has 0 aromatic heterocycles. The fraction of sp³-hybridized carbons (Fsp3) is 1.00. The second-order valence-electron chi connectivity index (χ2n) is 5.39. The Morgan fingerprint density at radius 1 is 1.19 bits per heavy atom. The van der Waals surface area contributed by atoms with Crippen molar-refractivity contribution in [3.8, 4) is 0 Å². The highest BCUT2D eigenvalue weighted by Crippen LogP contribution is 2.21. The molecule has 2 fully saturated rings. The summed E-state index contributed by atoms with van der Waals surface area (Å²) in [5.41, 5.74) is 0. The Kier molecular flexibility index (Phi) is 4.62. The van der Waals surface area contributed by atoms with Gasteiger partial charge in [0.25, 0.3) is 0 Å². The molecule has 94 valence electrons. The van der Waals surface area contributed by atoms with Gasteiger partial charge in [-0.3, -0.25) is 0 Å². The number of nitrogens with one attached hydrogen (secondary N) is 1. The molecule has 1 saturated carbocycles. The molecule has 0 amide bonds. The molecule has 0 aromatic rings. The third-order valence-corrected chi connectivity index (χ3v) is 4.30. The third-order valence-electron chi connectivity index (χ3n) is 4.30. The van der Waals surface area contributed by atoms with E-state index in [1.165, 1.54) is 38.9 Å². The summed E-state index contributed by atoms with van der Waals surface area (Å²) >= 11 is 0. The zero-order chi connectivity index (χ0) is 11.4. The van der Waals surface area contributed by atoms with E-state index in [0.29, 0.717) is 6.04 Å². The number of hydrogen-bond acceptors (Lipinski definition) is 3. The Morgan fingerprint density at radius 3 is 2.50 bits per heavy atom. The first-order chi connectivity index (χ1) is 7.79. The maximum Gasteiger partial charge on any atom is 0.0693 e. The first kappa shape index (κ1) is 12.3. The normalized spacial score (nSPS) is 33.4. The summed E-state index contributed by atoms with van der Waals surface area (Å²) in [6, 6.07) is 0.379. The van der Waals surface area contributed by atoms with Gasteiger partial charge in [0.2, 0.25) is 0 Å². The average Bonchev–Trinajstić information content (AvgIpc) is 2.73. The molecule has 1 saturated heterocycles. The minimum absolute atomic E-state index is 0.0873. The molecule has 0 spiro atoms. The van der Waals surface area contributed by atoms with Crippen molar-refractivity contribution in [3.05, 3.63) is 0 Å². The molecule has 1 aliphatic carbocycles. The van der Waals surface area contributed by atoms with Crippen LogP contribution in [0.25, 0.3) is 0 Å². The predicted molar refractivity (Wildman–Crippen MR) is 66.5 cm³/mol. The monoisotopic (exact) mass is 226 g/mol. The van der Waals surface area contributed by atoms with Gasteiger partial charge in [-0.15, -0.1) is 0 Å². The first-order valence-electron chi connectivity index (χ1n) is 6.93. The fourth-order valence-corrected chi connectivity index (χ4v) is 3.00. The van der Waals surface area contributed by atoms with Crippen molar-refractivity contribution in [2.75, 3.05) is 26.2 Å². The highest BCUT2D eigenvalue weighted by Gasteiger charge is 2.26. The molecule has 3 heteroatoms. The number of aliphatic hydroxyl groups excluding tert-OH is 1. The van der Waals surface area contributed by atoms with Crippen LogP contribution >= 0.6 is 0 Å². The largest absolute Gasteiger partial charge is 0.392 e. The quantitative estimate of drug-likeness (QED) is 0.756. The molecule has 0 radical (unpaired) electrons. The molecule has 2 aliphatic rings. The van der Waals surface area contributed by atoms with Gasteiger partial charge in [-0.05, 0) is 64.2 Å². The number of nitrogens with zero attached hydrogens (tertiary/aromatic N) is 1. The molecule has 16 heavy (non-hydrogen) atoms. The molecule has 1 aliphatic heterocycles. The van der Waals surface area contributed by atoms with Crippen LogP contribution in [-0.2, 0) is 0 Å². The Labute approximate surface area is 99.2 Å². The second-order valence-corrected chi connectivity index (χ2v) is 5.39. The molecule has 3 nitrogen and oxygen atoms in total. The van der Waals surface area contributed by atoms with Crippen LogP contribution in [-0.4, -0.2) is 48.3 Å². The van der Waals surface area contributed by atoms with E-state index < -0.39 is 0 Å². The first-order valence-corrected chi connectivity index (χ1v) is 6.93. The maximum absolute atomic E-state index is 9.73. The minimum atomic E-state index is -0.0873. The highest BCUT2D eigenvalue weighted by molar-refractivity contribution is 4.84. The van der Waals surface area contributed by atoms with Crippen LogP contribution in [0.15, 0.2) is 0 Å². The summed E-state index contributed by atoms with van der Waals surface area (Å²) in [7, 11) is 0. The van der Waals surface area contributed by atoms with Gasteiger partial charge >= 0.3 is 0 Å². The fourth-order valence-electron chi connectivity index (χ4n) is 3.00. The topological polar surface area (TPSA) is 35.5 Å². The van der Waals surface area contributed by atoms with Gasteiger partial charge in [0.1, 0.15) is 0 Å². The highest BCUT2D eigenvalue weighted by atomic mass is 16.3. The van der Waals surface area contributed by atoms with E-state index in [1.807, 2.05) is 0 Å². The van der Waals surface area contributed by atoms with E-state index in [-0.39, 0.29) is 6.10 Å². The molecule has 2 atom stereocenters. The molecule has 1 heterocycles. The molecular formula is C13H26N2O. The van der Waals surface area contributed by atoms with E-state index in [1.54, 1.807) is 0 Å².